The molecule has 2 atom stereocenters. The normalized spacial score (nSPS) is 23.3. The Morgan fingerprint density at radius 2 is 2.00 bits per heavy atom. The molecule has 0 saturated carbocycles. The molecule has 2 rings (SSSR count). The Bertz CT molecular complexity index is 520. The van der Waals surface area contributed by atoms with Gasteiger partial charge >= 0.3 is 5.91 Å². The number of hydrogen-bond acceptors (Lipinski definition) is 3. The Morgan fingerprint density at radius 3 is 2.59 bits per heavy atom. The van der Waals surface area contributed by atoms with Gasteiger partial charge in [-0.25, -0.2) is 0 Å². The van der Waals surface area contributed by atoms with Crippen molar-refractivity contribution < 1.29 is 9.52 Å². The molecule has 1 saturated heterocycles. The Labute approximate surface area is 132 Å². The van der Waals surface area contributed by atoms with Crippen LogP contribution in [0.25, 0.3) is 0 Å². The van der Waals surface area contributed by atoms with Gasteiger partial charge in [-0.3, -0.25) is 9.69 Å². The first-order valence-electron chi connectivity index (χ1n) is 8.01. The maximum absolute atomic E-state index is 12.2. The lowest BCUT2D eigenvalue weighted by Gasteiger charge is -2.45. The van der Waals surface area contributed by atoms with E-state index in [1.54, 1.807) is 18.2 Å². The fourth-order valence-corrected chi connectivity index (χ4v) is 3.26. The number of amides is 1. The van der Waals surface area contributed by atoms with E-state index in [4.69, 9.17) is 0 Å². The summed E-state index contributed by atoms with van der Waals surface area (Å²) in [5, 5.41) is 14.5. The van der Waals surface area contributed by atoms with Gasteiger partial charge in [0, 0.05) is 37.3 Å². The van der Waals surface area contributed by atoms with Crippen molar-refractivity contribution in [3.8, 4) is 0 Å². The maximum Gasteiger partial charge on any atom is 0.317 e. The largest absolute Gasteiger partial charge is 0.618 e. The molecule has 122 valence electrons. The Kier molecular flexibility index (Phi) is 5.06. The predicted molar refractivity (Wildman–Crippen MR) is 86.3 cm³/mol. The summed E-state index contributed by atoms with van der Waals surface area (Å²) >= 11 is 0. The van der Waals surface area contributed by atoms with E-state index in [9.17, 15) is 10.0 Å². The first-order valence-corrected chi connectivity index (χ1v) is 8.01. The summed E-state index contributed by atoms with van der Waals surface area (Å²) in [4.78, 5) is 14.6. The second kappa shape index (κ2) is 6.65. The zero-order valence-electron chi connectivity index (χ0n) is 14.0. The summed E-state index contributed by atoms with van der Waals surface area (Å²) < 4.78 is 0.605. The monoisotopic (exact) mass is 305 g/mol. The zero-order valence-corrected chi connectivity index (χ0v) is 14.0. The molecule has 1 amide bonds. The van der Waals surface area contributed by atoms with Crippen molar-refractivity contribution in [3.05, 3.63) is 35.3 Å². The van der Waals surface area contributed by atoms with E-state index in [2.05, 4.69) is 37.9 Å². The highest BCUT2D eigenvalue weighted by atomic mass is 16.5. The molecule has 2 heterocycles. The van der Waals surface area contributed by atoms with E-state index in [1.165, 1.54) is 12.6 Å². The SMILES string of the molecule is CC1CC(C)CN(C(C)(C)CNC(=O)c2cccc[n+]2[O-])C1. The van der Waals surface area contributed by atoms with Crippen LogP contribution in [-0.4, -0.2) is 36.0 Å². The van der Waals surface area contributed by atoms with Crippen LogP contribution < -0.4 is 10.0 Å². The maximum atomic E-state index is 12.2. The average molecular weight is 305 g/mol. The number of pyridine rings is 1. The Morgan fingerprint density at radius 1 is 1.36 bits per heavy atom. The molecule has 0 bridgehead atoms. The fraction of sp³-hybridized carbons (Fsp3) is 0.647. The average Bonchev–Trinajstić information content (AvgIpc) is 2.44. The van der Waals surface area contributed by atoms with E-state index in [1.807, 2.05) is 0 Å². The first-order chi connectivity index (χ1) is 10.3. The van der Waals surface area contributed by atoms with Gasteiger partial charge in [-0.15, -0.1) is 0 Å². The Hall–Kier alpha value is -1.62. The molecule has 1 aromatic rings. The van der Waals surface area contributed by atoms with Crippen LogP contribution in [0, 0.1) is 17.0 Å². The van der Waals surface area contributed by atoms with E-state index in [0.717, 1.165) is 13.1 Å². The van der Waals surface area contributed by atoms with Gasteiger partial charge in [-0.2, -0.15) is 4.73 Å². The lowest BCUT2D eigenvalue weighted by Crippen LogP contribution is -2.56. The molecule has 1 aliphatic heterocycles. The smallest absolute Gasteiger partial charge is 0.317 e. The third-order valence-electron chi connectivity index (χ3n) is 4.46. The van der Waals surface area contributed by atoms with Crippen molar-refractivity contribution in [2.24, 2.45) is 11.8 Å². The molecule has 1 N–H and O–H groups in total. The number of carbonyl (C=O) groups is 1. The molecule has 0 spiro atoms. The minimum Gasteiger partial charge on any atom is -0.618 e. The molecule has 5 heteroatoms. The summed E-state index contributed by atoms with van der Waals surface area (Å²) in [5.74, 6) is 1.04. The highest BCUT2D eigenvalue weighted by Gasteiger charge is 2.33. The van der Waals surface area contributed by atoms with Gasteiger partial charge in [-0.05, 0) is 38.2 Å². The number of aromatic nitrogens is 1. The molecular formula is C17H27N3O2. The molecule has 1 aromatic heterocycles. The van der Waals surface area contributed by atoms with Crippen LogP contribution >= 0.6 is 0 Å². The highest BCUT2D eigenvalue weighted by Crippen LogP contribution is 2.26. The van der Waals surface area contributed by atoms with Gasteiger partial charge in [0.2, 0.25) is 0 Å². The number of nitrogens with zero attached hydrogens (tertiary/aromatic N) is 2. The lowest BCUT2D eigenvalue weighted by atomic mass is 9.88. The van der Waals surface area contributed by atoms with Gasteiger partial charge in [0.05, 0.1) is 0 Å². The van der Waals surface area contributed by atoms with E-state index < -0.39 is 0 Å². The molecule has 0 aromatic carbocycles. The van der Waals surface area contributed by atoms with Gasteiger partial charge < -0.3 is 10.5 Å². The molecule has 0 aliphatic carbocycles. The van der Waals surface area contributed by atoms with Crippen molar-refractivity contribution in [3.63, 3.8) is 0 Å². The predicted octanol–water partition coefficient (Wildman–Crippen LogP) is 1.81. The van der Waals surface area contributed by atoms with Crippen molar-refractivity contribution in [2.45, 2.75) is 39.7 Å². The topological polar surface area (TPSA) is 59.3 Å². The molecule has 22 heavy (non-hydrogen) atoms. The number of carbonyl (C=O) groups excluding carboxylic acids is 1. The molecule has 5 nitrogen and oxygen atoms in total. The van der Waals surface area contributed by atoms with Gasteiger partial charge in [0.25, 0.3) is 5.69 Å². The molecule has 1 fully saturated rings. The van der Waals surface area contributed by atoms with Crippen molar-refractivity contribution in [2.75, 3.05) is 19.6 Å². The standard InChI is InChI=1S/C17H27N3O2/c1-13-9-14(2)11-19(10-13)17(3,4)12-18-16(21)15-7-5-6-8-20(15)22/h5-8,13-14H,9-12H2,1-4H3,(H,18,21). The van der Waals surface area contributed by atoms with E-state index >= 15 is 0 Å². The summed E-state index contributed by atoms with van der Waals surface area (Å²) in [5.41, 5.74) is 0.0138. The van der Waals surface area contributed by atoms with Crippen LogP contribution in [0.1, 0.15) is 44.6 Å². The number of hydrogen-bond donors (Lipinski definition) is 1. The van der Waals surface area contributed by atoms with Crippen LogP contribution in [0.15, 0.2) is 24.4 Å². The lowest BCUT2D eigenvalue weighted by molar-refractivity contribution is -0.607. The summed E-state index contributed by atoms with van der Waals surface area (Å²) in [6.45, 7) is 11.5. The summed E-state index contributed by atoms with van der Waals surface area (Å²) in [7, 11) is 0. The van der Waals surface area contributed by atoms with Crippen molar-refractivity contribution in [1.82, 2.24) is 10.2 Å². The van der Waals surface area contributed by atoms with Gasteiger partial charge in [-0.1, -0.05) is 13.8 Å². The van der Waals surface area contributed by atoms with Crippen LogP contribution in [0.5, 0.6) is 0 Å². The first kappa shape index (κ1) is 16.7. The number of rotatable bonds is 4. The van der Waals surface area contributed by atoms with Crippen LogP contribution in [-0.2, 0) is 0 Å². The molecular weight excluding hydrogens is 278 g/mol. The molecule has 0 radical (unpaired) electrons. The highest BCUT2D eigenvalue weighted by molar-refractivity contribution is 5.90. The van der Waals surface area contributed by atoms with E-state index in [-0.39, 0.29) is 17.1 Å². The minimum atomic E-state index is -0.318. The summed E-state index contributed by atoms with van der Waals surface area (Å²) in [6.07, 6.45) is 2.60. The minimum absolute atomic E-state index is 0.124. The Balaban J connectivity index is 1.97. The fourth-order valence-electron chi connectivity index (χ4n) is 3.26. The number of likely N-dealkylation sites (tertiary alicyclic amines) is 1. The quantitative estimate of drug-likeness (QED) is 0.682. The number of piperidine rings is 1. The third-order valence-corrected chi connectivity index (χ3v) is 4.46. The van der Waals surface area contributed by atoms with Crippen molar-refractivity contribution >= 4 is 5.91 Å². The van der Waals surface area contributed by atoms with E-state index in [0.29, 0.717) is 23.1 Å². The zero-order chi connectivity index (χ0) is 16.3. The van der Waals surface area contributed by atoms with Gasteiger partial charge in [0.1, 0.15) is 0 Å². The second-order valence-electron chi connectivity index (χ2n) is 7.26. The van der Waals surface area contributed by atoms with Crippen molar-refractivity contribution in [1.29, 1.82) is 0 Å². The van der Waals surface area contributed by atoms with Crippen LogP contribution in [0.2, 0.25) is 0 Å². The number of nitrogens with one attached hydrogen (secondary N) is 1. The van der Waals surface area contributed by atoms with Crippen LogP contribution in [0.3, 0.4) is 0 Å². The molecule has 1 aliphatic rings. The second-order valence-corrected chi connectivity index (χ2v) is 7.26. The van der Waals surface area contributed by atoms with Gasteiger partial charge in [0.15, 0.2) is 6.20 Å². The summed E-state index contributed by atoms with van der Waals surface area (Å²) in [6, 6.07) is 4.85. The molecule has 2 unspecified atom stereocenters. The van der Waals surface area contributed by atoms with Crippen LogP contribution in [0.4, 0.5) is 0 Å². The third kappa shape index (κ3) is 3.97.